The van der Waals surface area contributed by atoms with E-state index < -0.39 is 17.4 Å². The van der Waals surface area contributed by atoms with Gasteiger partial charge in [0.15, 0.2) is 0 Å². The van der Waals surface area contributed by atoms with Crippen LogP contribution in [0.15, 0.2) is 18.2 Å². The molecule has 1 saturated carbocycles. The molecule has 120 valence electrons. The number of carboxylic acid groups (broad SMARTS) is 1. The summed E-state index contributed by atoms with van der Waals surface area (Å²) in [6.07, 6.45) is 4.26. The highest BCUT2D eigenvalue weighted by atomic mass is 16.5. The van der Waals surface area contributed by atoms with Crippen molar-refractivity contribution in [1.82, 2.24) is 5.32 Å². The maximum atomic E-state index is 12.4. The number of ether oxygens (including phenoxy) is 1. The molecule has 1 aromatic rings. The minimum atomic E-state index is -1.26. The van der Waals surface area contributed by atoms with E-state index in [1.54, 1.807) is 0 Å². The average molecular weight is 307 g/mol. The minimum absolute atomic E-state index is 0.0178. The van der Waals surface area contributed by atoms with Crippen LogP contribution >= 0.6 is 0 Å². The molecule has 0 saturated heterocycles. The fourth-order valence-corrected chi connectivity index (χ4v) is 2.83. The summed E-state index contributed by atoms with van der Waals surface area (Å²) in [5.41, 5.74) is -1.24. The van der Waals surface area contributed by atoms with Crippen molar-refractivity contribution in [2.45, 2.75) is 44.1 Å². The van der Waals surface area contributed by atoms with Gasteiger partial charge < -0.3 is 20.3 Å². The zero-order valence-corrected chi connectivity index (χ0v) is 12.6. The van der Waals surface area contributed by atoms with Crippen molar-refractivity contribution in [3.8, 4) is 11.5 Å². The molecule has 2 rings (SSSR count). The number of methoxy groups -OCH3 is 1. The van der Waals surface area contributed by atoms with Gasteiger partial charge in [-0.1, -0.05) is 25.7 Å². The van der Waals surface area contributed by atoms with Crippen molar-refractivity contribution >= 4 is 11.9 Å². The highest BCUT2D eigenvalue weighted by Crippen LogP contribution is 2.29. The normalized spacial score (nSPS) is 17.3. The SMILES string of the molecule is COc1ccc(O)c(C(=O)NC2(C(=O)O)CCCCCC2)c1. The Morgan fingerprint density at radius 3 is 2.36 bits per heavy atom. The number of hydrogen-bond acceptors (Lipinski definition) is 4. The molecule has 0 heterocycles. The summed E-state index contributed by atoms with van der Waals surface area (Å²) in [4.78, 5) is 24.1. The molecule has 0 spiro atoms. The first kappa shape index (κ1) is 16.1. The van der Waals surface area contributed by atoms with Crippen molar-refractivity contribution in [2.24, 2.45) is 0 Å². The van der Waals surface area contributed by atoms with Crippen LogP contribution < -0.4 is 10.1 Å². The number of phenolic OH excluding ortho intramolecular Hbond substituents is 1. The summed E-state index contributed by atoms with van der Waals surface area (Å²) < 4.78 is 5.04. The zero-order valence-electron chi connectivity index (χ0n) is 12.6. The van der Waals surface area contributed by atoms with Crippen molar-refractivity contribution in [3.05, 3.63) is 23.8 Å². The van der Waals surface area contributed by atoms with Gasteiger partial charge in [0.2, 0.25) is 0 Å². The first-order valence-corrected chi connectivity index (χ1v) is 7.41. The average Bonchev–Trinajstić information content (AvgIpc) is 2.74. The standard InChI is InChI=1S/C16H21NO5/c1-22-11-6-7-13(18)12(10-11)14(19)17-16(15(20)21)8-4-2-3-5-9-16/h6-7,10,18H,2-5,8-9H2,1H3,(H,17,19)(H,20,21). The number of carbonyl (C=O) groups is 2. The quantitative estimate of drug-likeness (QED) is 0.742. The number of benzene rings is 1. The second kappa shape index (κ2) is 6.68. The zero-order chi connectivity index (χ0) is 16.2. The molecule has 6 nitrogen and oxygen atoms in total. The summed E-state index contributed by atoms with van der Waals surface area (Å²) in [6, 6.07) is 4.29. The molecule has 22 heavy (non-hydrogen) atoms. The van der Waals surface area contributed by atoms with Crippen molar-refractivity contribution in [2.75, 3.05) is 7.11 Å². The second-order valence-corrected chi connectivity index (χ2v) is 5.64. The Morgan fingerprint density at radius 2 is 1.82 bits per heavy atom. The molecular weight excluding hydrogens is 286 g/mol. The molecule has 1 aliphatic rings. The molecule has 1 fully saturated rings. The first-order chi connectivity index (χ1) is 10.5. The molecule has 0 radical (unpaired) electrons. The van der Waals surface area contributed by atoms with Crippen LogP contribution in [0, 0.1) is 0 Å². The highest BCUT2D eigenvalue weighted by Gasteiger charge is 2.40. The van der Waals surface area contributed by atoms with E-state index >= 15 is 0 Å². The molecule has 0 bridgehead atoms. The molecule has 0 aliphatic heterocycles. The van der Waals surface area contributed by atoms with E-state index in [0.29, 0.717) is 18.6 Å². The van der Waals surface area contributed by atoms with Gasteiger partial charge in [0.1, 0.15) is 17.0 Å². The van der Waals surface area contributed by atoms with Gasteiger partial charge in [0, 0.05) is 0 Å². The van der Waals surface area contributed by atoms with Gasteiger partial charge in [-0.3, -0.25) is 4.79 Å². The Morgan fingerprint density at radius 1 is 1.18 bits per heavy atom. The number of hydrogen-bond donors (Lipinski definition) is 3. The van der Waals surface area contributed by atoms with E-state index in [2.05, 4.69) is 5.32 Å². The fraction of sp³-hybridized carbons (Fsp3) is 0.500. The van der Waals surface area contributed by atoms with Gasteiger partial charge in [-0.25, -0.2) is 4.79 Å². The number of nitrogens with one attached hydrogen (secondary N) is 1. The fourth-order valence-electron chi connectivity index (χ4n) is 2.83. The predicted octanol–water partition coefficient (Wildman–Crippen LogP) is 2.31. The van der Waals surface area contributed by atoms with E-state index in [-0.39, 0.29) is 11.3 Å². The van der Waals surface area contributed by atoms with Crippen molar-refractivity contribution in [3.63, 3.8) is 0 Å². The van der Waals surface area contributed by atoms with E-state index in [0.717, 1.165) is 25.7 Å². The van der Waals surface area contributed by atoms with Crippen LogP contribution in [-0.2, 0) is 4.79 Å². The van der Waals surface area contributed by atoms with Crippen LogP contribution in [0.25, 0.3) is 0 Å². The molecule has 0 aromatic heterocycles. The minimum Gasteiger partial charge on any atom is -0.507 e. The van der Waals surface area contributed by atoms with Gasteiger partial charge in [-0.15, -0.1) is 0 Å². The lowest BCUT2D eigenvalue weighted by Gasteiger charge is -2.29. The summed E-state index contributed by atoms with van der Waals surface area (Å²) in [5.74, 6) is -1.40. The van der Waals surface area contributed by atoms with E-state index in [1.807, 2.05) is 0 Å². The largest absolute Gasteiger partial charge is 0.507 e. The van der Waals surface area contributed by atoms with Crippen LogP contribution in [-0.4, -0.2) is 34.7 Å². The van der Waals surface area contributed by atoms with Gasteiger partial charge in [-0.2, -0.15) is 0 Å². The Kier molecular flexibility index (Phi) is 4.90. The van der Waals surface area contributed by atoms with Crippen LogP contribution in [0.2, 0.25) is 0 Å². The monoisotopic (exact) mass is 307 g/mol. The summed E-state index contributed by atoms with van der Waals surface area (Å²) in [7, 11) is 1.46. The lowest BCUT2D eigenvalue weighted by molar-refractivity contribution is -0.145. The summed E-state index contributed by atoms with van der Waals surface area (Å²) >= 11 is 0. The van der Waals surface area contributed by atoms with Gasteiger partial charge in [-0.05, 0) is 31.0 Å². The Hall–Kier alpha value is -2.24. The molecule has 1 aliphatic carbocycles. The smallest absolute Gasteiger partial charge is 0.329 e. The van der Waals surface area contributed by atoms with Crippen molar-refractivity contribution in [1.29, 1.82) is 0 Å². The predicted molar refractivity (Wildman–Crippen MR) is 80.2 cm³/mol. The molecule has 6 heteroatoms. The van der Waals surface area contributed by atoms with E-state index in [1.165, 1.54) is 25.3 Å². The van der Waals surface area contributed by atoms with Crippen LogP contribution in [0.1, 0.15) is 48.9 Å². The van der Waals surface area contributed by atoms with Crippen molar-refractivity contribution < 1.29 is 24.5 Å². The molecule has 1 aromatic carbocycles. The number of rotatable bonds is 4. The van der Waals surface area contributed by atoms with E-state index in [4.69, 9.17) is 4.74 Å². The number of phenols is 1. The second-order valence-electron chi connectivity index (χ2n) is 5.64. The van der Waals surface area contributed by atoms with Crippen LogP contribution in [0.5, 0.6) is 11.5 Å². The lowest BCUT2D eigenvalue weighted by Crippen LogP contribution is -2.54. The number of carboxylic acids is 1. The number of amides is 1. The Balaban J connectivity index is 2.26. The Bertz CT molecular complexity index is 562. The molecule has 1 amide bonds. The van der Waals surface area contributed by atoms with Crippen LogP contribution in [0.4, 0.5) is 0 Å². The maximum Gasteiger partial charge on any atom is 0.329 e. The summed E-state index contributed by atoms with van der Waals surface area (Å²) in [5, 5.41) is 22.0. The molecule has 3 N–H and O–H groups in total. The Labute approximate surface area is 129 Å². The molecular formula is C16H21NO5. The third kappa shape index (κ3) is 3.32. The van der Waals surface area contributed by atoms with Gasteiger partial charge in [0.05, 0.1) is 12.7 Å². The summed E-state index contributed by atoms with van der Waals surface area (Å²) in [6.45, 7) is 0. The van der Waals surface area contributed by atoms with Gasteiger partial charge >= 0.3 is 5.97 Å². The number of aliphatic carboxylic acids is 1. The van der Waals surface area contributed by atoms with Crippen LogP contribution in [0.3, 0.4) is 0 Å². The third-order valence-corrected chi connectivity index (χ3v) is 4.17. The first-order valence-electron chi connectivity index (χ1n) is 7.41. The molecule has 0 atom stereocenters. The van der Waals surface area contributed by atoms with Gasteiger partial charge in [0.25, 0.3) is 5.91 Å². The lowest BCUT2D eigenvalue weighted by atomic mass is 9.89. The maximum absolute atomic E-state index is 12.4. The third-order valence-electron chi connectivity index (χ3n) is 4.17. The highest BCUT2D eigenvalue weighted by molar-refractivity contribution is 6.00. The topological polar surface area (TPSA) is 95.9 Å². The van der Waals surface area contributed by atoms with E-state index in [9.17, 15) is 19.8 Å². The number of carbonyl (C=O) groups excluding carboxylic acids is 1. The number of aromatic hydroxyl groups is 1. The molecule has 0 unspecified atom stereocenters.